The van der Waals surface area contributed by atoms with E-state index in [0.29, 0.717) is 11.3 Å². The number of nitrogens with zero attached hydrogens (tertiary/aromatic N) is 2. The van der Waals surface area contributed by atoms with Crippen molar-refractivity contribution in [2.24, 2.45) is 0 Å². The van der Waals surface area contributed by atoms with Crippen LogP contribution in [-0.4, -0.2) is 23.0 Å². The zero-order valence-electron chi connectivity index (χ0n) is 17.3. The number of aryl methyl sites for hydroxylation is 1. The molecule has 3 rings (SSSR count). The highest BCUT2D eigenvalue weighted by Crippen LogP contribution is 2.21. The van der Waals surface area contributed by atoms with Crippen molar-refractivity contribution in [2.75, 3.05) is 6.61 Å². The van der Waals surface area contributed by atoms with Gasteiger partial charge in [0, 0.05) is 23.2 Å². The van der Waals surface area contributed by atoms with Gasteiger partial charge >= 0.3 is 0 Å². The smallest absolute Gasteiger partial charge is 0.276 e. The largest absolute Gasteiger partial charge is 0.484 e. The maximum Gasteiger partial charge on any atom is 0.276 e. The minimum Gasteiger partial charge on any atom is -0.484 e. The summed E-state index contributed by atoms with van der Waals surface area (Å²) in [5, 5.41) is 8.77. The first-order chi connectivity index (χ1) is 15.0. The maximum atomic E-state index is 12.0. The molecular formula is C24H22N4O3. The fourth-order valence-corrected chi connectivity index (χ4v) is 3.08. The SMILES string of the molecule is Cc1cc(/C=C/C(=O)NNC(=O)COc2ccc(C#N)cc2)c(C)n1-c1ccccc1. The number of ether oxygens (including phenoxy) is 1. The van der Waals surface area contributed by atoms with Crippen LogP contribution >= 0.6 is 0 Å². The maximum absolute atomic E-state index is 12.0. The van der Waals surface area contributed by atoms with Gasteiger partial charge in [-0.05, 0) is 68.0 Å². The van der Waals surface area contributed by atoms with Crippen LogP contribution in [0.2, 0.25) is 0 Å². The first kappa shape index (κ1) is 21.4. The number of carbonyl (C=O) groups is 2. The summed E-state index contributed by atoms with van der Waals surface area (Å²) in [6.45, 7) is 3.72. The van der Waals surface area contributed by atoms with Gasteiger partial charge in [-0.15, -0.1) is 0 Å². The van der Waals surface area contributed by atoms with Gasteiger partial charge in [-0.1, -0.05) is 18.2 Å². The summed E-state index contributed by atoms with van der Waals surface area (Å²) in [5.74, 6) is -0.515. The van der Waals surface area contributed by atoms with Gasteiger partial charge in [-0.25, -0.2) is 0 Å². The van der Waals surface area contributed by atoms with Gasteiger partial charge in [0.25, 0.3) is 11.8 Å². The number of rotatable bonds is 6. The Balaban J connectivity index is 1.51. The van der Waals surface area contributed by atoms with E-state index in [1.807, 2.05) is 56.3 Å². The summed E-state index contributed by atoms with van der Waals surface area (Å²) in [4.78, 5) is 23.9. The Labute approximate surface area is 180 Å². The van der Waals surface area contributed by atoms with Gasteiger partial charge < -0.3 is 9.30 Å². The summed E-state index contributed by atoms with van der Waals surface area (Å²) in [7, 11) is 0. The Hall–Kier alpha value is -4.31. The normalized spacial score (nSPS) is 10.5. The molecule has 3 aromatic rings. The molecule has 0 radical (unpaired) electrons. The molecule has 1 heterocycles. The van der Waals surface area contributed by atoms with Crippen molar-refractivity contribution >= 4 is 17.9 Å². The van der Waals surface area contributed by atoms with E-state index >= 15 is 0 Å². The molecule has 0 fully saturated rings. The lowest BCUT2D eigenvalue weighted by Crippen LogP contribution is -2.43. The van der Waals surface area contributed by atoms with Crippen LogP contribution in [-0.2, 0) is 9.59 Å². The van der Waals surface area contributed by atoms with Crippen LogP contribution in [0.4, 0.5) is 0 Å². The Morgan fingerprint density at radius 3 is 2.45 bits per heavy atom. The minimum absolute atomic E-state index is 0.270. The second-order valence-corrected chi connectivity index (χ2v) is 6.79. The van der Waals surface area contributed by atoms with Crippen LogP contribution < -0.4 is 15.6 Å². The monoisotopic (exact) mass is 414 g/mol. The number of aromatic nitrogens is 1. The zero-order valence-corrected chi connectivity index (χ0v) is 17.3. The molecule has 1 aromatic heterocycles. The summed E-state index contributed by atoms with van der Waals surface area (Å²) in [6.07, 6.45) is 3.06. The lowest BCUT2D eigenvalue weighted by atomic mass is 10.2. The number of nitriles is 1. The van der Waals surface area contributed by atoms with Crippen LogP contribution in [0.5, 0.6) is 5.75 Å². The Morgan fingerprint density at radius 1 is 1.06 bits per heavy atom. The number of amides is 2. The van der Waals surface area contributed by atoms with Gasteiger partial charge in [0.05, 0.1) is 11.6 Å². The molecule has 0 saturated carbocycles. The Kier molecular flexibility index (Phi) is 6.86. The molecule has 0 unspecified atom stereocenters. The second-order valence-electron chi connectivity index (χ2n) is 6.79. The van der Waals surface area contributed by atoms with Gasteiger partial charge in [0.15, 0.2) is 6.61 Å². The molecule has 2 N–H and O–H groups in total. The molecule has 0 spiro atoms. The third-order valence-electron chi connectivity index (χ3n) is 4.58. The summed E-state index contributed by atoms with van der Waals surface area (Å²) < 4.78 is 7.42. The van der Waals surface area contributed by atoms with E-state index in [1.54, 1.807) is 30.3 Å². The number of para-hydroxylation sites is 1. The van der Waals surface area contributed by atoms with E-state index in [1.165, 1.54) is 6.08 Å². The van der Waals surface area contributed by atoms with E-state index in [-0.39, 0.29) is 6.61 Å². The second kappa shape index (κ2) is 9.94. The third kappa shape index (κ3) is 5.61. The molecule has 0 aliphatic rings. The number of benzene rings is 2. The van der Waals surface area contributed by atoms with E-state index in [2.05, 4.69) is 15.4 Å². The molecule has 0 aliphatic heterocycles. The molecule has 0 aliphatic carbocycles. The van der Waals surface area contributed by atoms with Crippen LogP contribution in [0, 0.1) is 25.2 Å². The first-order valence-electron chi connectivity index (χ1n) is 9.62. The summed E-state index contributed by atoms with van der Waals surface area (Å²) in [6, 6.07) is 20.3. The average molecular weight is 414 g/mol. The van der Waals surface area contributed by atoms with E-state index in [4.69, 9.17) is 10.00 Å². The van der Waals surface area contributed by atoms with Crippen LogP contribution in [0.15, 0.2) is 66.7 Å². The first-order valence-corrected chi connectivity index (χ1v) is 9.62. The van der Waals surface area contributed by atoms with Crippen molar-refractivity contribution in [1.82, 2.24) is 15.4 Å². The molecule has 156 valence electrons. The van der Waals surface area contributed by atoms with Crippen molar-refractivity contribution in [3.8, 4) is 17.5 Å². The molecule has 7 heteroatoms. The molecule has 31 heavy (non-hydrogen) atoms. The van der Waals surface area contributed by atoms with Crippen LogP contribution in [0.25, 0.3) is 11.8 Å². The molecular weight excluding hydrogens is 392 g/mol. The minimum atomic E-state index is -0.506. The van der Waals surface area contributed by atoms with Crippen molar-refractivity contribution in [3.63, 3.8) is 0 Å². The van der Waals surface area contributed by atoms with E-state index in [0.717, 1.165) is 22.6 Å². The van der Waals surface area contributed by atoms with E-state index in [9.17, 15) is 9.59 Å². The highest BCUT2D eigenvalue weighted by Gasteiger charge is 2.09. The van der Waals surface area contributed by atoms with Gasteiger partial charge in [0.1, 0.15) is 5.75 Å². The lowest BCUT2D eigenvalue weighted by molar-refractivity contribution is -0.128. The van der Waals surface area contributed by atoms with Crippen LogP contribution in [0.3, 0.4) is 0 Å². The van der Waals surface area contributed by atoms with Gasteiger partial charge in [-0.3, -0.25) is 20.4 Å². The van der Waals surface area contributed by atoms with Crippen molar-refractivity contribution < 1.29 is 14.3 Å². The molecule has 0 bridgehead atoms. The summed E-state index contributed by atoms with van der Waals surface area (Å²) >= 11 is 0. The fourth-order valence-electron chi connectivity index (χ4n) is 3.08. The molecule has 0 saturated heterocycles. The zero-order chi connectivity index (χ0) is 22.2. The average Bonchev–Trinajstić information content (AvgIpc) is 3.08. The topological polar surface area (TPSA) is 96.2 Å². The quantitative estimate of drug-likeness (QED) is 0.478. The predicted octanol–water partition coefficient (Wildman–Crippen LogP) is 3.21. The van der Waals surface area contributed by atoms with Crippen molar-refractivity contribution in [1.29, 1.82) is 5.26 Å². The van der Waals surface area contributed by atoms with Crippen LogP contribution in [0.1, 0.15) is 22.5 Å². The molecule has 2 amide bonds. The number of nitrogens with one attached hydrogen (secondary N) is 2. The van der Waals surface area contributed by atoms with Crippen molar-refractivity contribution in [2.45, 2.75) is 13.8 Å². The standard InChI is InChI=1S/C24H22N4O3/c1-17-14-20(18(2)28(17)21-6-4-3-5-7-21)10-13-23(29)26-27-24(30)16-31-22-11-8-19(15-25)9-12-22/h3-14H,16H2,1-2H3,(H,26,29)(H,27,30)/b13-10+. The van der Waals surface area contributed by atoms with Gasteiger partial charge in [0.2, 0.25) is 0 Å². The fraction of sp³-hybridized carbons (Fsp3) is 0.125. The number of carbonyl (C=O) groups excluding carboxylic acids is 2. The number of hydrogen-bond acceptors (Lipinski definition) is 4. The summed E-state index contributed by atoms with van der Waals surface area (Å²) in [5.41, 5.74) is 9.14. The highest BCUT2D eigenvalue weighted by atomic mass is 16.5. The number of hydrogen-bond donors (Lipinski definition) is 2. The third-order valence-corrected chi connectivity index (χ3v) is 4.58. The highest BCUT2D eigenvalue weighted by molar-refractivity contribution is 5.93. The van der Waals surface area contributed by atoms with E-state index < -0.39 is 11.8 Å². The molecule has 2 aromatic carbocycles. The molecule has 0 atom stereocenters. The van der Waals surface area contributed by atoms with Gasteiger partial charge in [-0.2, -0.15) is 5.26 Å². The predicted molar refractivity (Wildman–Crippen MR) is 117 cm³/mol. The Bertz CT molecular complexity index is 1140. The lowest BCUT2D eigenvalue weighted by Gasteiger charge is -2.09. The number of hydrazine groups is 1. The molecule has 7 nitrogen and oxygen atoms in total. The Morgan fingerprint density at radius 2 is 1.77 bits per heavy atom. The van der Waals surface area contributed by atoms with Crippen molar-refractivity contribution in [3.05, 3.63) is 89.3 Å².